The number of aryl methyl sites for hydroxylation is 1. The lowest BCUT2D eigenvalue weighted by Crippen LogP contribution is -2.16. The van der Waals surface area contributed by atoms with E-state index in [1.54, 1.807) is 29.7 Å². The number of fused-ring (bicyclic) bond motifs is 1. The van der Waals surface area contributed by atoms with Gasteiger partial charge in [0.2, 0.25) is 0 Å². The first-order chi connectivity index (χ1) is 9.95. The summed E-state index contributed by atoms with van der Waals surface area (Å²) >= 11 is 0. The molecule has 0 radical (unpaired) electrons. The van der Waals surface area contributed by atoms with Gasteiger partial charge in [-0.2, -0.15) is 0 Å². The number of ketones is 1. The fraction of sp³-hybridized carbons (Fsp3) is 0.400. The standard InChI is InChI=1S/C15H18N2O4/c1-4-21-12-6-5-7-17-13(10(3)16-14(12)17)11(18)8-9(2)15(19)20/h5-7,9H,4,8H2,1-3H3,(H,19,20)/t9-/m1/s1. The molecule has 0 aliphatic rings. The summed E-state index contributed by atoms with van der Waals surface area (Å²) in [6.07, 6.45) is 1.68. The van der Waals surface area contributed by atoms with E-state index in [1.807, 2.05) is 6.92 Å². The summed E-state index contributed by atoms with van der Waals surface area (Å²) in [6.45, 7) is 5.64. The van der Waals surface area contributed by atoms with Crippen molar-refractivity contribution in [3.63, 3.8) is 0 Å². The molecule has 0 aromatic carbocycles. The van der Waals surface area contributed by atoms with Crippen molar-refractivity contribution in [1.29, 1.82) is 0 Å². The van der Waals surface area contributed by atoms with Crippen LogP contribution in [0.4, 0.5) is 0 Å². The summed E-state index contributed by atoms with van der Waals surface area (Å²) in [5.74, 6) is -1.33. The number of rotatable bonds is 6. The van der Waals surface area contributed by atoms with E-state index in [9.17, 15) is 9.59 Å². The van der Waals surface area contributed by atoms with Crippen LogP contribution in [0.2, 0.25) is 0 Å². The summed E-state index contributed by atoms with van der Waals surface area (Å²) in [6, 6.07) is 3.57. The lowest BCUT2D eigenvalue weighted by molar-refractivity contribution is -0.141. The maximum absolute atomic E-state index is 12.4. The monoisotopic (exact) mass is 290 g/mol. The molecule has 6 heteroatoms. The molecule has 21 heavy (non-hydrogen) atoms. The van der Waals surface area contributed by atoms with Crippen molar-refractivity contribution in [3.05, 3.63) is 29.7 Å². The fourth-order valence-corrected chi connectivity index (χ4v) is 2.22. The molecule has 0 unspecified atom stereocenters. The molecule has 2 aromatic heterocycles. The van der Waals surface area contributed by atoms with E-state index < -0.39 is 11.9 Å². The van der Waals surface area contributed by atoms with E-state index in [4.69, 9.17) is 9.84 Å². The number of carboxylic acid groups (broad SMARTS) is 1. The Morgan fingerprint density at radius 2 is 2.19 bits per heavy atom. The molecule has 0 aliphatic carbocycles. The van der Waals surface area contributed by atoms with Crippen LogP contribution in [0.1, 0.15) is 36.5 Å². The Morgan fingerprint density at radius 1 is 1.48 bits per heavy atom. The molecule has 0 fully saturated rings. The quantitative estimate of drug-likeness (QED) is 0.826. The Morgan fingerprint density at radius 3 is 2.81 bits per heavy atom. The van der Waals surface area contributed by atoms with Gasteiger partial charge in [0.25, 0.3) is 0 Å². The molecule has 0 bridgehead atoms. The summed E-state index contributed by atoms with van der Waals surface area (Å²) in [5, 5.41) is 8.93. The molecule has 1 N–H and O–H groups in total. The van der Waals surface area contributed by atoms with Crippen LogP contribution in [0.15, 0.2) is 18.3 Å². The van der Waals surface area contributed by atoms with Gasteiger partial charge in [0.05, 0.1) is 18.2 Å². The molecule has 112 valence electrons. The minimum atomic E-state index is -0.982. The van der Waals surface area contributed by atoms with Crippen LogP contribution in [-0.4, -0.2) is 32.9 Å². The van der Waals surface area contributed by atoms with Crippen molar-refractivity contribution in [3.8, 4) is 5.75 Å². The van der Waals surface area contributed by atoms with Crippen molar-refractivity contribution in [2.24, 2.45) is 5.92 Å². The number of ether oxygens (including phenoxy) is 1. The number of carbonyl (C=O) groups excluding carboxylic acids is 1. The number of hydrogen-bond donors (Lipinski definition) is 1. The van der Waals surface area contributed by atoms with Crippen LogP contribution in [0, 0.1) is 12.8 Å². The fourth-order valence-electron chi connectivity index (χ4n) is 2.22. The van der Waals surface area contributed by atoms with Crippen molar-refractivity contribution < 1.29 is 19.4 Å². The molecule has 0 spiro atoms. The third-order valence-electron chi connectivity index (χ3n) is 3.27. The Labute approximate surface area is 122 Å². The maximum Gasteiger partial charge on any atom is 0.306 e. The highest BCUT2D eigenvalue weighted by Gasteiger charge is 2.22. The van der Waals surface area contributed by atoms with Gasteiger partial charge in [-0.1, -0.05) is 6.92 Å². The molecule has 2 rings (SSSR count). The lowest BCUT2D eigenvalue weighted by Gasteiger charge is -2.07. The van der Waals surface area contributed by atoms with Crippen LogP contribution in [0.5, 0.6) is 5.75 Å². The van der Waals surface area contributed by atoms with E-state index >= 15 is 0 Å². The normalized spacial score (nSPS) is 12.3. The largest absolute Gasteiger partial charge is 0.490 e. The number of hydrogen-bond acceptors (Lipinski definition) is 4. The molecule has 6 nitrogen and oxygen atoms in total. The minimum Gasteiger partial charge on any atom is -0.490 e. The van der Waals surface area contributed by atoms with E-state index in [2.05, 4.69) is 4.98 Å². The summed E-state index contributed by atoms with van der Waals surface area (Å²) in [7, 11) is 0. The van der Waals surface area contributed by atoms with Gasteiger partial charge in [-0.3, -0.25) is 14.0 Å². The average molecular weight is 290 g/mol. The van der Waals surface area contributed by atoms with E-state index in [0.717, 1.165) is 0 Å². The van der Waals surface area contributed by atoms with Crippen LogP contribution in [0.3, 0.4) is 0 Å². The van der Waals surface area contributed by atoms with Gasteiger partial charge in [0.15, 0.2) is 17.2 Å². The number of Topliss-reactive ketones (excluding diaryl/α,β-unsaturated/α-hetero) is 1. The van der Waals surface area contributed by atoms with Crippen molar-refractivity contribution >= 4 is 17.4 Å². The second-order valence-corrected chi connectivity index (χ2v) is 4.91. The third kappa shape index (κ3) is 2.89. The lowest BCUT2D eigenvalue weighted by atomic mass is 10.0. The van der Waals surface area contributed by atoms with E-state index in [0.29, 0.717) is 29.4 Å². The number of imidazole rings is 1. The van der Waals surface area contributed by atoms with Crippen LogP contribution >= 0.6 is 0 Å². The zero-order chi connectivity index (χ0) is 15.6. The van der Waals surface area contributed by atoms with Crippen molar-refractivity contribution in [2.45, 2.75) is 27.2 Å². The highest BCUT2D eigenvalue weighted by atomic mass is 16.5. The number of nitrogens with zero attached hydrogens (tertiary/aromatic N) is 2. The van der Waals surface area contributed by atoms with Gasteiger partial charge < -0.3 is 9.84 Å². The van der Waals surface area contributed by atoms with Crippen LogP contribution < -0.4 is 4.74 Å². The first-order valence-corrected chi connectivity index (χ1v) is 6.82. The van der Waals surface area contributed by atoms with Gasteiger partial charge in [-0.05, 0) is 26.0 Å². The number of aromatic nitrogens is 2. The van der Waals surface area contributed by atoms with E-state index in [1.165, 1.54) is 6.92 Å². The van der Waals surface area contributed by atoms with Crippen LogP contribution in [-0.2, 0) is 4.79 Å². The summed E-state index contributed by atoms with van der Waals surface area (Å²) in [4.78, 5) is 27.6. The molecule has 0 aliphatic heterocycles. The Kier molecular flexibility index (Phi) is 4.26. The molecule has 0 saturated carbocycles. The SMILES string of the molecule is CCOc1cccn2c(C(=O)C[C@@H](C)C(=O)O)c(C)nc12. The van der Waals surface area contributed by atoms with Gasteiger partial charge in [-0.15, -0.1) is 0 Å². The highest BCUT2D eigenvalue weighted by Crippen LogP contribution is 2.23. The van der Waals surface area contributed by atoms with Crippen LogP contribution in [0.25, 0.3) is 5.65 Å². The Hall–Kier alpha value is -2.37. The average Bonchev–Trinajstić information content (AvgIpc) is 2.76. The predicted molar refractivity (Wildman–Crippen MR) is 76.8 cm³/mol. The van der Waals surface area contributed by atoms with Gasteiger partial charge in [-0.25, -0.2) is 4.98 Å². The molecular formula is C15H18N2O4. The molecule has 0 amide bonds. The number of aliphatic carboxylic acids is 1. The van der Waals surface area contributed by atoms with Gasteiger partial charge in [0, 0.05) is 12.6 Å². The second-order valence-electron chi connectivity index (χ2n) is 4.91. The zero-order valence-corrected chi connectivity index (χ0v) is 12.3. The molecule has 2 aromatic rings. The predicted octanol–water partition coefficient (Wildman–Crippen LogP) is 2.33. The molecule has 1 atom stereocenters. The van der Waals surface area contributed by atoms with Crippen molar-refractivity contribution in [2.75, 3.05) is 6.61 Å². The topological polar surface area (TPSA) is 80.9 Å². The number of carboxylic acids is 1. The molecule has 0 saturated heterocycles. The zero-order valence-electron chi connectivity index (χ0n) is 12.3. The van der Waals surface area contributed by atoms with Gasteiger partial charge >= 0.3 is 5.97 Å². The first-order valence-electron chi connectivity index (χ1n) is 6.82. The molecular weight excluding hydrogens is 272 g/mol. The summed E-state index contributed by atoms with van der Waals surface area (Å²) < 4.78 is 7.16. The minimum absolute atomic E-state index is 0.0527. The smallest absolute Gasteiger partial charge is 0.306 e. The maximum atomic E-state index is 12.4. The summed E-state index contributed by atoms with van der Waals surface area (Å²) in [5.41, 5.74) is 1.56. The van der Waals surface area contributed by atoms with Gasteiger partial charge in [0.1, 0.15) is 5.69 Å². The second kappa shape index (κ2) is 5.95. The number of pyridine rings is 1. The Balaban J connectivity index is 2.45. The third-order valence-corrected chi connectivity index (χ3v) is 3.27. The number of carbonyl (C=O) groups is 2. The molecule has 2 heterocycles. The highest BCUT2D eigenvalue weighted by molar-refractivity contribution is 5.98. The Bertz CT molecular complexity index is 690. The van der Waals surface area contributed by atoms with Crippen molar-refractivity contribution in [1.82, 2.24) is 9.38 Å². The van der Waals surface area contributed by atoms with E-state index in [-0.39, 0.29) is 12.2 Å². The first kappa shape index (κ1) is 15.0.